The smallest absolute Gasteiger partial charge is 0.124 e. The maximum absolute atomic E-state index is 6.09. The SMILES string of the molecule is Nc1cc(-c2cncc(-c3cnn(C4CCOCC4)c3)c2)cc(-c2ccccn2)n1. The lowest BCUT2D eigenvalue weighted by atomic mass is 10.0. The molecule has 150 valence electrons. The first kappa shape index (κ1) is 18.4. The van der Waals surface area contributed by atoms with Crippen LogP contribution in [0.4, 0.5) is 5.82 Å². The van der Waals surface area contributed by atoms with Crippen molar-refractivity contribution in [3.05, 3.63) is 67.4 Å². The maximum atomic E-state index is 6.09. The van der Waals surface area contributed by atoms with Crippen molar-refractivity contribution in [2.45, 2.75) is 18.9 Å². The van der Waals surface area contributed by atoms with Gasteiger partial charge in [-0.2, -0.15) is 5.10 Å². The number of ether oxygens (including phenoxy) is 1. The van der Waals surface area contributed by atoms with Crippen LogP contribution in [-0.4, -0.2) is 37.9 Å². The molecule has 2 N–H and O–H groups in total. The molecule has 0 aliphatic carbocycles. The summed E-state index contributed by atoms with van der Waals surface area (Å²) >= 11 is 0. The lowest BCUT2D eigenvalue weighted by Crippen LogP contribution is -2.19. The van der Waals surface area contributed by atoms with E-state index < -0.39 is 0 Å². The summed E-state index contributed by atoms with van der Waals surface area (Å²) in [4.78, 5) is 13.3. The molecule has 7 nitrogen and oxygen atoms in total. The highest BCUT2D eigenvalue weighted by Gasteiger charge is 2.17. The number of nitrogen functional groups attached to an aromatic ring is 1. The van der Waals surface area contributed by atoms with Crippen LogP contribution in [0.3, 0.4) is 0 Å². The molecule has 0 bridgehead atoms. The quantitative estimate of drug-likeness (QED) is 0.559. The van der Waals surface area contributed by atoms with Gasteiger partial charge in [0.25, 0.3) is 0 Å². The summed E-state index contributed by atoms with van der Waals surface area (Å²) in [5, 5.41) is 4.58. The van der Waals surface area contributed by atoms with Crippen LogP contribution in [0.1, 0.15) is 18.9 Å². The summed E-state index contributed by atoms with van der Waals surface area (Å²) in [5.41, 5.74) is 11.6. The molecule has 0 radical (unpaired) electrons. The fraction of sp³-hybridized carbons (Fsp3) is 0.217. The molecule has 4 aromatic heterocycles. The molecule has 1 aliphatic rings. The number of hydrogen-bond donors (Lipinski definition) is 1. The van der Waals surface area contributed by atoms with Crippen molar-refractivity contribution in [3.63, 3.8) is 0 Å². The fourth-order valence-electron chi connectivity index (χ4n) is 3.76. The van der Waals surface area contributed by atoms with Crippen LogP contribution >= 0.6 is 0 Å². The van der Waals surface area contributed by atoms with Crippen LogP contribution in [0.5, 0.6) is 0 Å². The van der Waals surface area contributed by atoms with Crippen molar-refractivity contribution in [1.29, 1.82) is 0 Å². The predicted molar refractivity (Wildman–Crippen MR) is 115 cm³/mol. The zero-order valence-electron chi connectivity index (χ0n) is 16.5. The first-order valence-corrected chi connectivity index (χ1v) is 10.0. The molecule has 4 aromatic rings. The maximum Gasteiger partial charge on any atom is 0.124 e. The molecule has 0 amide bonds. The summed E-state index contributed by atoms with van der Waals surface area (Å²) in [5.74, 6) is 0.450. The summed E-state index contributed by atoms with van der Waals surface area (Å²) < 4.78 is 7.51. The van der Waals surface area contributed by atoms with Crippen LogP contribution in [-0.2, 0) is 4.74 Å². The third-order valence-electron chi connectivity index (χ3n) is 5.34. The second-order valence-corrected chi connectivity index (χ2v) is 7.40. The molecule has 0 atom stereocenters. The summed E-state index contributed by atoms with van der Waals surface area (Å²) in [7, 11) is 0. The highest BCUT2D eigenvalue weighted by Crippen LogP contribution is 2.29. The van der Waals surface area contributed by atoms with Crippen LogP contribution < -0.4 is 5.73 Å². The van der Waals surface area contributed by atoms with Crippen molar-refractivity contribution < 1.29 is 4.74 Å². The van der Waals surface area contributed by atoms with Gasteiger partial charge in [0, 0.05) is 54.7 Å². The van der Waals surface area contributed by atoms with Crippen LogP contribution in [0.25, 0.3) is 33.6 Å². The van der Waals surface area contributed by atoms with E-state index in [0.29, 0.717) is 11.9 Å². The van der Waals surface area contributed by atoms with E-state index >= 15 is 0 Å². The minimum absolute atomic E-state index is 0.393. The van der Waals surface area contributed by atoms with E-state index in [0.717, 1.165) is 59.7 Å². The largest absolute Gasteiger partial charge is 0.384 e. The Kier molecular flexibility index (Phi) is 4.94. The minimum atomic E-state index is 0.393. The number of hydrogen-bond acceptors (Lipinski definition) is 6. The number of nitrogens with zero attached hydrogens (tertiary/aromatic N) is 5. The third kappa shape index (κ3) is 3.79. The minimum Gasteiger partial charge on any atom is -0.384 e. The molecular formula is C23H22N6O. The molecular weight excluding hydrogens is 376 g/mol. The molecule has 1 saturated heterocycles. The fourth-order valence-corrected chi connectivity index (χ4v) is 3.76. The van der Waals surface area contributed by atoms with E-state index in [1.54, 1.807) is 6.20 Å². The van der Waals surface area contributed by atoms with Crippen LogP contribution in [0.15, 0.2) is 67.4 Å². The number of nitrogens with two attached hydrogens (primary N) is 1. The Bertz CT molecular complexity index is 1150. The molecule has 0 unspecified atom stereocenters. The molecule has 5 rings (SSSR count). The van der Waals surface area contributed by atoms with Gasteiger partial charge in [-0.25, -0.2) is 4.98 Å². The molecule has 7 heteroatoms. The second-order valence-electron chi connectivity index (χ2n) is 7.40. The van der Waals surface area contributed by atoms with Crippen molar-refractivity contribution in [1.82, 2.24) is 24.7 Å². The van der Waals surface area contributed by atoms with Crippen LogP contribution in [0.2, 0.25) is 0 Å². The Morgan fingerprint density at radius 2 is 1.73 bits per heavy atom. The molecule has 30 heavy (non-hydrogen) atoms. The van der Waals surface area contributed by atoms with Gasteiger partial charge in [0.2, 0.25) is 0 Å². The Morgan fingerprint density at radius 3 is 2.53 bits per heavy atom. The van der Waals surface area contributed by atoms with Gasteiger partial charge in [0.15, 0.2) is 0 Å². The van der Waals surface area contributed by atoms with Gasteiger partial charge in [0.05, 0.1) is 23.6 Å². The zero-order valence-corrected chi connectivity index (χ0v) is 16.5. The average Bonchev–Trinajstić information content (AvgIpc) is 3.30. The van der Waals surface area contributed by atoms with Crippen molar-refractivity contribution in [3.8, 4) is 33.6 Å². The van der Waals surface area contributed by atoms with Gasteiger partial charge >= 0.3 is 0 Å². The molecule has 0 aromatic carbocycles. The summed E-state index contributed by atoms with van der Waals surface area (Å²) in [6.07, 6.45) is 11.4. The van der Waals surface area contributed by atoms with Crippen molar-refractivity contribution in [2.75, 3.05) is 18.9 Å². The Morgan fingerprint density at radius 1 is 0.900 bits per heavy atom. The monoisotopic (exact) mass is 398 g/mol. The molecule has 1 aliphatic heterocycles. The molecule has 0 spiro atoms. The lowest BCUT2D eigenvalue weighted by molar-refractivity contribution is 0.0662. The van der Waals surface area contributed by atoms with Gasteiger partial charge in [-0.15, -0.1) is 0 Å². The molecule has 0 saturated carbocycles. The number of pyridine rings is 3. The van der Waals surface area contributed by atoms with Gasteiger partial charge in [-0.1, -0.05) is 6.07 Å². The highest BCUT2D eigenvalue weighted by atomic mass is 16.5. The van der Waals surface area contributed by atoms with Crippen molar-refractivity contribution in [2.24, 2.45) is 0 Å². The Labute approximate surface area is 174 Å². The average molecular weight is 398 g/mol. The van der Waals surface area contributed by atoms with E-state index in [-0.39, 0.29) is 0 Å². The van der Waals surface area contributed by atoms with Gasteiger partial charge in [-0.3, -0.25) is 14.6 Å². The van der Waals surface area contributed by atoms with Gasteiger partial charge in [-0.05, 0) is 48.7 Å². The summed E-state index contributed by atoms with van der Waals surface area (Å²) in [6.45, 7) is 1.58. The predicted octanol–water partition coefficient (Wildman–Crippen LogP) is 4.00. The first-order chi connectivity index (χ1) is 14.8. The van der Waals surface area contributed by atoms with E-state index in [1.165, 1.54) is 0 Å². The summed E-state index contributed by atoms with van der Waals surface area (Å²) in [6, 6.07) is 12.1. The molecule has 1 fully saturated rings. The number of anilines is 1. The van der Waals surface area contributed by atoms with E-state index in [2.05, 4.69) is 32.3 Å². The number of aromatic nitrogens is 5. The third-order valence-corrected chi connectivity index (χ3v) is 5.34. The highest BCUT2D eigenvalue weighted by molar-refractivity contribution is 5.75. The molecule has 5 heterocycles. The normalized spacial score (nSPS) is 14.7. The van der Waals surface area contributed by atoms with Crippen LogP contribution in [0, 0.1) is 0 Å². The lowest BCUT2D eigenvalue weighted by Gasteiger charge is -2.22. The topological polar surface area (TPSA) is 91.7 Å². The second kappa shape index (κ2) is 8.04. The van der Waals surface area contributed by atoms with Crippen molar-refractivity contribution >= 4 is 5.82 Å². The first-order valence-electron chi connectivity index (χ1n) is 10.0. The van der Waals surface area contributed by atoms with E-state index in [1.807, 2.05) is 53.6 Å². The zero-order chi connectivity index (χ0) is 20.3. The van der Waals surface area contributed by atoms with E-state index in [4.69, 9.17) is 10.5 Å². The van der Waals surface area contributed by atoms with E-state index in [9.17, 15) is 0 Å². The standard InChI is InChI=1S/C23H22N6O/c24-23-11-16(10-22(28-23)21-3-1-2-6-26-21)17-9-18(13-25-12-17)19-14-27-29(15-19)20-4-7-30-8-5-20/h1-3,6,9-15,20H,4-5,7-8H2,(H2,24,28). The number of rotatable bonds is 4. The Balaban J connectivity index is 1.47. The van der Waals surface area contributed by atoms with Gasteiger partial charge in [0.1, 0.15) is 5.82 Å². The van der Waals surface area contributed by atoms with Gasteiger partial charge < -0.3 is 10.5 Å². The Hall–Kier alpha value is -3.58.